The van der Waals surface area contributed by atoms with Gasteiger partial charge >= 0.3 is 5.97 Å². The van der Waals surface area contributed by atoms with Crippen LogP contribution in [0.4, 0.5) is 0 Å². The van der Waals surface area contributed by atoms with Crippen LogP contribution in [0.2, 0.25) is 0 Å². The van der Waals surface area contributed by atoms with E-state index in [9.17, 15) is 14.4 Å². The fraction of sp³-hybridized carbons (Fsp3) is 0.125. The second kappa shape index (κ2) is 8.61. The van der Waals surface area contributed by atoms with Gasteiger partial charge in [-0.25, -0.2) is 0 Å². The molecule has 0 aliphatic carbocycles. The molecule has 0 saturated heterocycles. The summed E-state index contributed by atoms with van der Waals surface area (Å²) >= 11 is 0. The van der Waals surface area contributed by atoms with Crippen LogP contribution in [0.5, 0.6) is 5.75 Å². The molecule has 0 radical (unpaired) electrons. The third kappa shape index (κ3) is 4.07. The molecule has 6 nitrogen and oxygen atoms in total. The largest absolute Gasteiger partial charge is 0.492 e. The Morgan fingerprint density at radius 1 is 0.800 bits per heavy atom. The second-order valence-electron chi connectivity index (χ2n) is 6.75. The smallest absolute Gasteiger partial charge is 0.310 e. The summed E-state index contributed by atoms with van der Waals surface area (Å²) in [4.78, 5) is 36.2. The van der Waals surface area contributed by atoms with Crippen molar-refractivity contribution in [3.63, 3.8) is 0 Å². The summed E-state index contributed by atoms with van der Waals surface area (Å²) in [6, 6.07) is 23.8. The Balaban J connectivity index is 1.42. The molecule has 1 N–H and O–H groups in total. The van der Waals surface area contributed by atoms with Crippen LogP contribution in [0.3, 0.4) is 0 Å². The molecule has 1 aliphatic rings. The van der Waals surface area contributed by atoms with E-state index in [1.807, 2.05) is 60.7 Å². The van der Waals surface area contributed by atoms with Gasteiger partial charge in [-0.3, -0.25) is 19.7 Å². The van der Waals surface area contributed by atoms with Crippen LogP contribution in [-0.2, 0) is 9.53 Å². The molecule has 0 aromatic heterocycles. The lowest BCUT2D eigenvalue weighted by Crippen LogP contribution is -2.20. The van der Waals surface area contributed by atoms with Crippen molar-refractivity contribution in [3.8, 4) is 5.75 Å². The number of fused-ring (bicyclic) bond motifs is 1. The molecule has 150 valence electrons. The number of hydrogen-bond acceptors (Lipinski definition) is 5. The maximum Gasteiger partial charge on any atom is 0.310 e. The zero-order chi connectivity index (χ0) is 20.9. The molecule has 0 saturated carbocycles. The van der Waals surface area contributed by atoms with Gasteiger partial charge < -0.3 is 9.47 Å². The highest BCUT2D eigenvalue weighted by molar-refractivity contribution is 6.22. The monoisotopic (exact) mass is 401 g/mol. The minimum atomic E-state index is -0.524. The predicted molar refractivity (Wildman–Crippen MR) is 109 cm³/mol. The van der Waals surface area contributed by atoms with E-state index < -0.39 is 23.9 Å². The van der Waals surface area contributed by atoms with E-state index in [0.717, 1.165) is 11.1 Å². The normalized spacial score (nSPS) is 12.4. The first-order chi connectivity index (χ1) is 14.6. The van der Waals surface area contributed by atoms with Crippen LogP contribution in [0.15, 0.2) is 78.9 Å². The molecule has 1 aliphatic heterocycles. The van der Waals surface area contributed by atoms with Crippen LogP contribution in [0, 0.1) is 0 Å². The van der Waals surface area contributed by atoms with E-state index in [0.29, 0.717) is 0 Å². The fourth-order valence-electron chi connectivity index (χ4n) is 3.33. The maximum atomic E-state index is 12.5. The Labute approximate surface area is 173 Å². The first-order valence-electron chi connectivity index (χ1n) is 9.54. The number of ether oxygens (including phenoxy) is 2. The molecule has 4 rings (SSSR count). The van der Waals surface area contributed by atoms with Crippen molar-refractivity contribution in [2.24, 2.45) is 0 Å². The van der Waals surface area contributed by atoms with Gasteiger partial charge in [0.1, 0.15) is 5.75 Å². The summed E-state index contributed by atoms with van der Waals surface area (Å²) in [6.45, 7) is 0.0209. The number of carbonyl (C=O) groups is 3. The van der Waals surface area contributed by atoms with E-state index in [2.05, 4.69) is 5.32 Å². The minimum absolute atomic E-state index is 0.00456. The molecule has 2 amide bonds. The zero-order valence-electron chi connectivity index (χ0n) is 16.0. The fourth-order valence-corrected chi connectivity index (χ4v) is 3.33. The number of rotatable bonds is 7. The highest BCUT2D eigenvalue weighted by Gasteiger charge is 2.30. The van der Waals surface area contributed by atoms with Crippen molar-refractivity contribution in [2.75, 3.05) is 6.61 Å². The Hall–Kier alpha value is -3.93. The Bertz CT molecular complexity index is 1040. The molecule has 1 heterocycles. The molecule has 0 spiro atoms. The Kier molecular flexibility index (Phi) is 5.57. The zero-order valence-corrected chi connectivity index (χ0v) is 16.0. The topological polar surface area (TPSA) is 81.7 Å². The number of imide groups is 1. The second-order valence-corrected chi connectivity index (χ2v) is 6.75. The van der Waals surface area contributed by atoms with Crippen LogP contribution < -0.4 is 10.1 Å². The third-order valence-corrected chi connectivity index (χ3v) is 4.74. The average molecular weight is 401 g/mol. The van der Waals surface area contributed by atoms with Gasteiger partial charge in [0.25, 0.3) is 11.8 Å². The number of carbonyl (C=O) groups excluding carboxylic acids is 3. The summed E-state index contributed by atoms with van der Waals surface area (Å²) in [5.41, 5.74) is 2.21. The lowest BCUT2D eigenvalue weighted by Gasteiger charge is -2.19. The first kappa shape index (κ1) is 19.4. The number of nitrogens with one attached hydrogen (secondary N) is 1. The third-order valence-electron chi connectivity index (χ3n) is 4.74. The number of amides is 2. The van der Waals surface area contributed by atoms with Crippen LogP contribution in [0.25, 0.3) is 0 Å². The van der Waals surface area contributed by atoms with Gasteiger partial charge in [-0.1, -0.05) is 66.7 Å². The molecule has 6 heteroatoms. The van der Waals surface area contributed by atoms with E-state index in [4.69, 9.17) is 9.47 Å². The van der Waals surface area contributed by atoms with Crippen molar-refractivity contribution in [1.82, 2.24) is 5.32 Å². The average Bonchev–Trinajstić information content (AvgIpc) is 3.07. The van der Waals surface area contributed by atoms with Crippen molar-refractivity contribution >= 4 is 17.8 Å². The van der Waals surface area contributed by atoms with Crippen LogP contribution in [0.1, 0.15) is 44.4 Å². The number of esters is 1. The van der Waals surface area contributed by atoms with E-state index in [-0.39, 0.29) is 29.9 Å². The van der Waals surface area contributed by atoms with Gasteiger partial charge in [0.2, 0.25) is 0 Å². The predicted octanol–water partition coefficient (Wildman–Crippen LogP) is 3.67. The van der Waals surface area contributed by atoms with Crippen molar-refractivity contribution in [2.45, 2.75) is 12.5 Å². The lowest BCUT2D eigenvalue weighted by atomic mass is 10.0. The van der Waals surface area contributed by atoms with Gasteiger partial charge in [0.15, 0.2) is 6.10 Å². The highest BCUT2D eigenvalue weighted by atomic mass is 16.5. The van der Waals surface area contributed by atoms with Gasteiger partial charge in [0, 0.05) is 0 Å². The standard InChI is InChI=1S/C24H19NO5/c26-20(14-15-29-19-13-7-12-18-21(19)24(28)25-23(18)27)30-22(16-8-3-1-4-9-16)17-10-5-2-6-11-17/h1-13,22H,14-15H2,(H,25,27,28). The summed E-state index contributed by atoms with van der Waals surface area (Å²) in [7, 11) is 0. The summed E-state index contributed by atoms with van der Waals surface area (Å²) in [5, 5.41) is 2.23. The molecule has 0 unspecified atom stereocenters. The Morgan fingerprint density at radius 3 is 2.07 bits per heavy atom. The van der Waals surface area contributed by atoms with Crippen molar-refractivity contribution in [3.05, 3.63) is 101 Å². The van der Waals surface area contributed by atoms with Gasteiger partial charge in [-0.05, 0) is 23.3 Å². The number of benzene rings is 3. The molecule has 3 aromatic carbocycles. The van der Waals surface area contributed by atoms with Crippen molar-refractivity contribution < 1.29 is 23.9 Å². The summed E-state index contributed by atoms with van der Waals surface area (Å²) in [6.07, 6.45) is -0.528. The first-order valence-corrected chi connectivity index (χ1v) is 9.54. The summed E-state index contributed by atoms with van der Waals surface area (Å²) < 4.78 is 11.4. The van der Waals surface area contributed by atoms with E-state index in [1.165, 1.54) is 0 Å². The molecule has 30 heavy (non-hydrogen) atoms. The molecule has 0 atom stereocenters. The minimum Gasteiger partial charge on any atom is -0.492 e. The van der Waals surface area contributed by atoms with Crippen LogP contribution in [-0.4, -0.2) is 24.4 Å². The lowest BCUT2D eigenvalue weighted by molar-refractivity contribution is -0.148. The Morgan fingerprint density at radius 2 is 1.43 bits per heavy atom. The maximum absolute atomic E-state index is 12.5. The van der Waals surface area contributed by atoms with Gasteiger partial charge in [0.05, 0.1) is 24.2 Å². The summed E-state index contributed by atoms with van der Waals surface area (Å²) in [5.74, 6) is -1.11. The van der Waals surface area contributed by atoms with E-state index >= 15 is 0 Å². The quantitative estimate of drug-likeness (QED) is 0.483. The molecular formula is C24H19NO5. The van der Waals surface area contributed by atoms with Crippen LogP contribution >= 0.6 is 0 Å². The molecular weight excluding hydrogens is 382 g/mol. The molecule has 0 fully saturated rings. The van der Waals surface area contributed by atoms with Crippen molar-refractivity contribution in [1.29, 1.82) is 0 Å². The SMILES string of the molecule is O=C(CCOc1cccc2c1C(=O)NC2=O)OC(c1ccccc1)c1ccccc1. The van der Waals surface area contributed by atoms with E-state index in [1.54, 1.807) is 18.2 Å². The highest BCUT2D eigenvalue weighted by Crippen LogP contribution is 2.28. The van der Waals surface area contributed by atoms with Gasteiger partial charge in [-0.15, -0.1) is 0 Å². The molecule has 0 bridgehead atoms. The number of hydrogen-bond donors (Lipinski definition) is 1. The molecule has 3 aromatic rings. The van der Waals surface area contributed by atoms with Gasteiger partial charge in [-0.2, -0.15) is 0 Å².